The van der Waals surface area contributed by atoms with E-state index < -0.39 is 47.5 Å². The Morgan fingerprint density at radius 2 is 1.92 bits per heavy atom. The Morgan fingerprint density at radius 3 is 2.33 bits per heavy atom. The fourth-order valence-electron chi connectivity index (χ4n) is 2.71. The maximum atomic E-state index is 14.3. The van der Waals surface area contributed by atoms with Gasteiger partial charge in [-0.25, -0.2) is 4.98 Å². The highest BCUT2D eigenvalue weighted by Gasteiger charge is 2.75. The van der Waals surface area contributed by atoms with Crippen LogP contribution >= 0.6 is 0 Å². The Hall–Kier alpha value is -1.91. The molecule has 1 aromatic heterocycles. The summed E-state index contributed by atoms with van der Waals surface area (Å²) in [7, 11) is 1.28. The van der Waals surface area contributed by atoms with Crippen molar-refractivity contribution in [3.8, 4) is 0 Å². The van der Waals surface area contributed by atoms with Crippen molar-refractivity contribution in [2.24, 2.45) is 13.0 Å². The first kappa shape index (κ1) is 18.4. The monoisotopic (exact) mass is 357 g/mol. The summed E-state index contributed by atoms with van der Waals surface area (Å²) >= 11 is 0. The van der Waals surface area contributed by atoms with E-state index in [0.29, 0.717) is 0 Å². The number of halogens is 5. The number of alkyl halides is 5. The van der Waals surface area contributed by atoms with Gasteiger partial charge in [0.1, 0.15) is 17.3 Å². The zero-order valence-corrected chi connectivity index (χ0v) is 12.8. The molecule has 0 saturated carbocycles. The lowest BCUT2D eigenvalue weighted by atomic mass is 9.75. The van der Waals surface area contributed by atoms with Crippen molar-refractivity contribution in [3.05, 3.63) is 11.5 Å². The second-order valence-electron chi connectivity index (χ2n) is 5.65. The minimum absolute atomic E-state index is 0.00285. The third-order valence-corrected chi connectivity index (χ3v) is 4.23. The van der Waals surface area contributed by atoms with Gasteiger partial charge in [-0.3, -0.25) is 4.79 Å². The van der Waals surface area contributed by atoms with E-state index in [-0.39, 0.29) is 18.9 Å². The molecule has 2 heterocycles. The summed E-state index contributed by atoms with van der Waals surface area (Å²) in [6.45, 7) is 1.19. The molecule has 1 aliphatic rings. The molecule has 0 aliphatic carbocycles. The lowest BCUT2D eigenvalue weighted by Gasteiger charge is -2.41. The summed E-state index contributed by atoms with van der Waals surface area (Å²) in [6.07, 6.45) is -6.52. The molecule has 3 N–H and O–H groups in total. The minimum Gasteiger partial charge on any atom is -0.465 e. The minimum atomic E-state index is -6.13. The van der Waals surface area contributed by atoms with Gasteiger partial charge in [-0.2, -0.15) is 22.0 Å². The van der Waals surface area contributed by atoms with Crippen LogP contribution in [0.15, 0.2) is 0 Å². The van der Waals surface area contributed by atoms with Gasteiger partial charge in [0.05, 0.1) is 12.5 Å². The third-order valence-electron chi connectivity index (χ3n) is 4.23. The maximum absolute atomic E-state index is 14.3. The summed E-state index contributed by atoms with van der Waals surface area (Å²) in [5, 5.41) is 10.5. The molecule has 1 aliphatic heterocycles. The number of rotatable bonds is 3. The van der Waals surface area contributed by atoms with Crippen LogP contribution in [0.4, 0.5) is 27.8 Å². The fourth-order valence-corrected chi connectivity index (χ4v) is 2.71. The van der Waals surface area contributed by atoms with Gasteiger partial charge < -0.3 is 20.1 Å². The average molecular weight is 357 g/mol. The van der Waals surface area contributed by atoms with Gasteiger partial charge in [0.2, 0.25) is 0 Å². The first-order chi connectivity index (χ1) is 10.9. The Kier molecular flexibility index (Phi) is 4.28. The number of esters is 1. The van der Waals surface area contributed by atoms with E-state index in [2.05, 4.69) is 9.72 Å². The number of carbonyl (C=O) groups is 1. The molecule has 11 heteroatoms. The van der Waals surface area contributed by atoms with E-state index in [4.69, 9.17) is 5.73 Å². The van der Waals surface area contributed by atoms with E-state index in [1.54, 1.807) is 0 Å². The lowest BCUT2D eigenvalue weighted by Crippen LogP contribution is -2.61. The predicted molar refractivity (Wildman–Crippen MR) is 70.9 cm³/mol. The molecule has 0 bridgehead atoms. The number of nitrogens with zero attached hydrogens (tertiary/aromatic N) is 2. The highest BCUT2D eigenvalue weighted by Crippen LogP contribution is 2.54. The molecule has 6 nitrogen and oxygen atoms in total. The number of nitrogen functional groups attached to an aromatic ring is 1. The number of imidazole rings is 1. The fraction of sp³-hybridized carbons (Fsp3) is 0.692. The van der Waals surface area contributed by atoms with Crippen molar-refractivity contribution in [2.75, 3.05) is 12.3 Å². The van der Waals surface area contributed by atoms with Gasteiger partial charge in [-0.05, 0) is 19.8 Å². The quantitative estimate of drug-likeness (QED) is 0.634. The van der Waals surface area contributed by atoms with E-state index in [9.17, 15) is 31.9 Å². The van der Waals surface area contributed by atoms with Gasteiger partial charge in [0.15, 0.2) is 5.60 Å². The van der Waals surface area contributed by atoms with Crippen LogP contribution in [0.1, 0.15) is 24.4 Å². The van der Waals surface area contributed by atoms with Crippen LogP contribution in [0.5, 0.6) is 0 Å². The normalized spacial score (nSPS) is 22.2. The van der Waals surface area contributed by atoms with Crippen LogP contribution in [0, 0.1) is 12.8 Å². The Balaban J connectivity index is 2.74. The summed E-state index contributed by atoms with van der Waals surface area (Å²) in [6, 6.07) is 0. The van der Waals surface area contributed by atoms with Crippen LogP contribution in [-0.2, 0) is 22.2 Å². The Labute approximate surface area is 133 Å². The molecular weight excluding hydrogens is 341 g/mol. The molecule has 0 aromatic carbocycles. The van der Waals surface area contributed by atoms with Crippen molar-refractivity contribution in [2.45, 2.75) is 37.5 Å². The summed E-state index contributed by atoms with van der Waals surface area (Å²) < 4.78 is 73.1. The molecule has 0 unspecified atom stereocenters. The number of carbonyl (C=O) groups excluding carboxylic acids is 1. The van der Waals surface area contributed by atoms with E-state index in [1.807, 2.05) is 0 Å². The summed E-state index contributed by atoms with van der Waals surface area (Å²) in [5.74, 6) is -9.76. The zero-order valence-electron chi connectivity index (χ0n) is 12.8. The molecule has 136 valence electrons. The van der Waals surface area contributed by atoms with Gasteiger partial charge in [0, 0.05) is 7.05 Å². The van der Waals surface area contributed by atoms with Crippen LogP contribution in [0.2, 0.25) is 0 Å². The van der Waals surface area contributed by atoms with Crippen molar-refractivity contribution in [3.63, 3.8) is 0 Å². The maximum Gasteiger partial charge on any atom is 0.456 e. The van der Waals surface area contributed by atoms with Gasteiger partial charge in [-0.1, -0.05) is 0 Å². The van der Waals surface area contributed by atoms with Crippen molar-refractivity contribution in [1.82, 2.24) is 9.55 Å². The van der Waals surface area contributed by atoms with E-state index in [1.165, 1.54) is 14.0 Å². The smallest absolute Gasteiger partial charge is 0.456 e. The first-order valence-electron chi connectivity index (χ1n) is 6.98. The average Bonchev–Trinajstić information content (AvgIpc) is 2.73. The Bertz CT molecular complexity index is 658. The highest BCUT2D eigenvalue weighted by molar-refractivity contribution is 5.75. The number of aromatic nitrogens is 2. The molecule has 2 rings (SSSR count). The number of ether oxygens (including phenoxy) is 1. The van der Waals surface area contributed by atoms with Crippen LogP contribution in [-0.4, -0.2) is 39.3 Å². The topological polar surface area (TPSA) is 90.4 Å². The number of cyclic esters (lactones) is 1. The van der Waals surface area contributed by atoms with Crippen LogP contribution in [0.3, 0.4) is 0 Å². The predicted octanol–water partition coefficient (Wildman–Crippen LogP) is 1.65. The first-order valence-corrected chi connectivity index (χ1v) is 6.98. The molecule has 24 heavy (non-hydrogen) atoms. The molecule has 1 fully saturated rings. The SMILES string of the molecule is Cc1nc([C@@](O)([C@@H]2CCCOC2=O)C(F)(F)C(F)(F)F)c(N)n1C. The standard InChI is InChI=1S/C13H16F5N3O3/c1-6-20-8(9(19)21(6)2)11(23,12(14,15)13(16,17)18)7-4-3-5-24-10(7)22/h7,23H,3-5,19H2,1-2H3/t7-,11+/m1/s1. The van der Waals surface area contributed by atoms with Gasteiger partial charge in [0.25, 0.3) is 0 Å². The second kappa shape index (κ2) is 5.57. The molecule has 0 spiro atoms. The number of anilines is 1. The van der Waals surface area contributed by atoms with Crippen LogP contribution in [0.25, 0.3) is 0 Å². The number of hydrogen-bond acceptors (Lipinski definition) is 5. The zero-order chi connectivity index (χ0) is 18.5. The third kappa shape index (κ3) is 2.41. The van der Waals surface area contributed by atoms with Crippen molar-refractivity contribution in [1.29, 1.82) is 0 Å². The van der Waals surface area contributed by atoms with Crippen molar-refractivity contribution >= 4 is 11.8 Å². The number of aryl methyl sites for hydroxylation is 1. The molecule has 0 radical (unpaired) electrons. The highest BCUT2D eigenvalue weighted by atomic mass is 19.4. The lowest BCUT2D eigenvalue weighted by molar-refractivity contribution is -0.357. The molecule has 1 aromatic rings. The number of nitrogens with two attached hydrogens (primary N) is 1. The Morgan fingerprint density at radius 1 is 1.33 bits per heavy atom. The number of aliphatic hydroxyl groups is 1. The molecule has 1 saturated heterocycles. The van der Waals surface area contributed by atoms with Gasteiger partial charge >= 0.3 is 18.1 Å². The summed E-state index contributed by atoms with van der Waals surface area (Å²) in [4.78, 5) is 15.4. The molecule has 2 atom stereocenters. The second-order valence-corrected chi connectivity index (χ2v) is 5.65. The van der Waals surface area contributed by atoms with E-state index >= 15 is 0 Å². The van der Waals surface area contributed by atoms with Crippen molar-refractivity contribution < 1.29 is 36.6 Å². The largest absolute Gasteiger partial charge is 0.465 e. The molecule has 0 amide bonds. The van der Waals surface area contributed by atoms with Gasteiger partial charge in [-0.15, -0.1) is 0 Å². The van der Waals surface area contributed by atoms with Crippen LogP contribution < -0.4 is 5.73 Å². The van der Waals surface area contributed by atoms with E-state index in [0.717, 1.165) is 4.57 Å². The summed E-state index contributed by atoms with van der Waals surface area (Å²) in [5.41, 5.74) is 0.507. The number of hydrogen-bond donors (Lipinski definition) is 2. The molecular formula is C13H16F5N3O3.